The molecule has 0 atom stereocenters. The van der Waals surface area contributed by atoms with Crippen LogP contribution in [0.2, 0.25) is 0 Å². The summed E-state index contributed by atoms with van der Waals surface area (Å²) in [5.41, 5.74) is -0.211. The molecule has 1 amide bonds. The summed E-state index contributed by atoms with van der Waals surface area (Å²) in [6, 6.07) is 0. The van der Waals surface area contributed by atoms with Crippen LogP contribution in [0, 0.1) is 0 Å². The second kappa shape index (κ2) is 4.55. The summed E-state index contributed by atoms with van der Waals surface area (Å²) in [7, 11) is 1.53. The van der Waals surface area contributed by atoms with Crippen LogP contribution >= 0.6 is 0 Å². The number of ketones is 1. The van der Waals surface area contributed by atoms with Crippen molar-refractivity contribution in [2.24, 2.45) is 0 Å². The van der Waals surface area contributed by atoms with Crippen molar-refractivity contribution in [3.8, 4) is 0 Å². The molecule has 0 aromatic rings. The minimum Gasteiger partial charge on any atom is -0.443 e. The SMILES string of the molecule is CN(C(=O)OC(C)(C)C)C1=CNCCC1=O. The molecule has 1 aliphatic heterocycles. The Morgan fingerprint density at radius 2 is 2.12 bits per heavy atom. The molecule has 1 N–H and O–H groups in total. The molecule has 1 aliphatic rings. The fourth-order valence-electron chi connectivity index (χ4n) is 1.28. The Kier molecular flexibility index (Phi) is 3.57. The molecule has 0 radical (unpaired) electrons. The van der Waals surface area contributed by atoms with E-state index in [2.05, 4.69) is 5.32 Å². The van der Waals surface area contributed by atoms with Crippen LogP contribution in [0.1, 0.15) is 27.2 Å². The zero-order valence-electron chi connectivity index (χ0n) is 10.2. The normalized spacial score (nSPS) is 16.2. The van der Waals surface area contributed by atoms with Gasteiger partial charge in [0.1, 0.15) is 11.3 Å². The molecule has 0 unspecified atom stereocenters. The van der Waals surface area contributed by atoms with Crippen LogP contribution in [0.4, 0.5) is 4.79 Å². The van der Waals surface area contributed by atoms with Crippen LogP contribution in [0.15, 0.2) is 11.9 Å². The number of hydrogen-bond donors (Lipinski definition) is 1. The van der Waals surface area contributed by atoms with Crippen molar-refractivity contribution in [2.45, 2.75) is 32.8 Å². The maximum absolute atomic E-state index is 11.7. The molecule has 0 fully saturated rings. The van der Waals surface area contributed by atoms with Gasteiger partial charge in [0.25, 0.3) is 0 Å². The molecular formula is C11H18N2O3. The molecule has 0 bridgehead atoms. The molecular weight excluding hydrogens is 208 g/mol. The van der Waals surface area contributed by atoms with E-state index in [1.807, 2.05) is 0 Å². The number of carbonyl (C=O) groups is 2. The van der Waals surface area contributed by atoms with E-state index in [1.54, 1.807) is 27.0 Å². The van der Waals surface area contributed by atoms with Crippen LogP contribution in [-0.4, -0.2) is 36.0 Å². The quantitative estimate of drug-likeness (QED) is 0.731. The summed E-state index contributed by atoms with van der Waals surface area (Å²) in [6.45, 7) is 5.97. The lowest BCUT2D eigenvalue weighted by Gasteiger charge is -2.26. The van der Waals surface area contributed by atoms with Crippen molar-refractivity contribution in [1.29, 1.82) is 0 Å². The van der Waals surface area contributed by atoms with E-state index in [1.165, 1.54) is 11.9 Å². The van der Waals surface area contributed by atoms with Crippen LogP contribution in [0.3, 0.4) is 0 Å². The Hall–Kier alpha value is -1.52. The molecule has 0 saturated heterocycles. The van der Waals surface area contributed by atoms with Gasteiger partial charge in [-0.3, -0.25) is 9.69 Å². The summed E-state index contributed by atoms with van der Waals surface area (Å²) in [5.74, 6) is -0.0490. The minimum absolute atomic E-state index is 0.0490. The number of likely N-dealkylation sites (N-methyl/N-ethyl adjacent to an activating group) is 1. The standard InChI is InChI=1S/C11H18N2O3/c1-11(2,3)16-10(15)13(4)8-7-12-6-5-9(8)14/h7,12H,5-6H2,1-4H3. The number of rotatable bonds is 1. The van der Waals surface area contributed by atoms with Gasteiger partial charge in [0.05, 0.1) is 0 Å². The maximum atomic E-state index is 11.7. The van der Waals surface area contributed by atoms with Crippen molar-refractivity contribution in [3.63, 3.8) is 0 Å². The number of Topliss-reactive ketones (excluding diaryl/α,β-unsaturated/α-hetero) is 1. The first kappa shape index (κ1) is 12.5. The van der Waals surface area contributed by atoms with Crippen molar-refractivity contribution in [2.75, 3.05) is 13.6 Å². The summed E-state index contributed by atoms with van der Waals surface area (Å²) in [5, 5.41) is 2.93. The molecule has 0 saturated carbocycles. The summed E-state index contributed by atoms with van der Waals surface area (Å²) >= 11 is 0. The van der Waals surface area contributed by atoms with E-state index >= 15 is 0 Å². The molecule has 1 heterocycles. The first-order chi connectivity index (χ1) is 7.31. The second-order valence-corrected chi connectivity index (χ2v) is 4.70. The largest absolute Gasteiger partial charge is 0.443 e. The van der Waals surface area contributed by atoms with Gasteiger partial charge in [-0.15, -0.1) is 0 Å². The molecule has 0 aliphatic carbocycles. The topological polar surface area (TPSA) is 58.6 Å². The van der Waals surface area contributed by atoms with Gasteiger partial charge in [0, 0.05) is 26.2 Å². The van der Waals surface area contributed by atoms with Gasteiger partial charge in [-0.05, 0) is 20.8 Å². The van der Waals surface area contributed by atoms with Gasteiger partial charge in [-0.2, -0.15) is 0 Å². The predicted molar refractivity (Wildman–Crippen MR) is 59.7 cm³/mol. The monoisotopic (exact) mass is 226 g/mol. The smallest absolute Gasteiger partial charge is 0.414 e. The lowest BCUT2D eigenvalue weighted by molar-refractivity contribution is -0.117. The minimum atomic E-state index is -0.558. The fraction of sp³-hybridized carbons (Fsp3) is 0.636. The van der Waals surface area contributed by atoms with Crippen molar-refractivity contribution < 1.29 is 14.3 Å². The first-order valence-electron chi connectivity index (χ1n) is 5.25. The number of allylic oxidation sites excluding steroid dienone is 1. The number of ether oxygens (including phenoxy) is 1. The fourth-order valence-corrected chi connectivity index (χ4v) is 1.28. The van der Waals surface area contributed by atoms with Gasteiger partial charge in [0.2, 0.25) is 0 Å². The number of carbonyl (C=O) groups excluding carboxylic acids is 2. The second-order valence-electron chi connectivity index (χ2n) is 4.70. The number of nitrogens with zero attached hydrogens (tertiary/aromatic N) is 1. The average Bonchev–Trinajstić information content (AvgIpc) is 2.15. The third kappa shape index (κ3) is 3.25. The highest BCUT2D eigenvalue weighted by atomic mass is 16.6. The van der Waals surface area contributed by atoms with E-state index < -0.39 is 11.7 Å². The van der Waals surface area contributed by atoms with Gasteiger partial charge in [-0.25, -0.2) is 4.79 Å². The highest BCUT2D eigenvalue weighted by Gasteiger charge is 2.26. The molecule has 5 nitrogen and oxygen atoms in total. The molecule has 0 aromatic carbocycles. The number of amides is 1. The van der Waals surface area contributed by atoms with Gasteiger partial charge in [-0.1, -0.05) is 0 Å². The Morgan fingerprint density at radius 1 is 1.50 bits per heavy atom. The zero-order chi connectivity index (χ0) is 12.3. The van der Waals surface area contributed by atoms with E-state index in [-0.39, 0.29) is 5.78 Å². The van der Waals surface area contributed by atoms with E-state index in [9.17, 15) is 9.59 Å². The number of nitrogens with one attached hydrogen (secondary N) is 1. The third-order valence-corrected chi connectivity index (χ3v) is 2.05. The third-order valence-electron chi connectivity index (χ3n) is 2.05. The highest BCUT2D eigenvalue weighted by molar-refractivity contribution is 5.98. The number of hydrogen-bond acceptors (Lipinski definition) is 4. The van der Waals surface area contributed by atoms with E-state index in [0.29, 0.717) is 18.7 Å². The molecule has 16 heavy (non-hydrogen) atoms. The Bertz CT molecular complexity index is 329. The van der Waals surface area contributed by atoms with Crippen molar-refractivity contribution in [3.05, 3.63) is 11.9 Å². The lowest BCUT2D eigenvalue weighted by Crippen LogP contribution is -2.38. The first-order valence-corrected chi connectivity index (χ1v) is 5.25. The average molecular weight is 226 g/mol. The van der Waals surface area contributed by atoms with Crippen molar-refractivity contribution in [1.82, 2.24) is 10.2 Å². The Morgan fingerprint density at radius 3 is 2.62 bits per heavy atom. The molecule has 90 valence electrons. The van der Waals surface area contributed by atoms with Crippen LogP contribution in [0.25, 0.3) is 0 Å². The Labute approximate surface area is 95.4 Å². The summed E-state index contributed by atoms with van der Waals surface area (Å²) in [4.78, 5) is 24.5. The van der Waals surface area contributed by atoms with Crippen LogP contribution in [-0.2, 0) is 9.53 Å². The maximum Gasteiger partial charge on any atom is 0.414 e. The lowest BCUT2D eigenvalue weighted by atomic mass is 10.1. The molecule has 5 heteroatoms. The van der Waals surface area contributed by atoms with Crippen molar-refractivity contribution >= 4 is 11.9 Å². The molecule has 1 rings (SSSR count). The van der Waals surface area contributed by atoms with E-state index in [4.69, 9.17) is 4.74 Å². The van der Waals surface area contributed by atoms with E-state index in [0.717, 1.165) is 0 Å². The zero-order valence-corrected chi connectivity index (χ0v) is 10.2. The van der Waals surface area contributed by atoms with Gasteiger partial charge >= 0.3 is 6.09 Å². The van der Waals surface area contributed by atoms with Crippen LogP contribution in [0.5, 0.6) is 0 Å². The molecule has 0 spiro atoms. The predicted octanol–water partition coefficient (Wildman–Crippen LogP) is 1.26. The summed E-state index contributed by atoms with van der Waals surface area (Å²) < 4.78 is 5.17. The Balaban J connectivity index is 2.70. The van der Waals surface area contributed by atoms with Crippen LogP contribution < -0.4 is 5.32 Å². The summed E-state index contributed by atoms with van der Waals surface area (Å²) in [6.07, 6.45) is 1.44. The molecule has 0 aromatic heterocycles. The van der Waals surface area contributed by atoms with Gasteiger partial charge in [0.15, 0.2) is 5.78 Å². The van der Waals surface area contributed by atoms with Gasteiger partial charge < -0.3 is 10.1 Å². The highest BCUT2D eigenvalue weighted by Crippen LogP contribution is 2.14.